The Labute approximate surface area is 107 Å². The van der Waals surface area contributed by atoms with Crippen molar-refractivity contribution in [3.8, 4) is 0 Å². The van der Waals surface area contributed by atoms with Crippen LogP contribution in [0.4, 0.5) is 4.79 Å². The van der Waals surface area contributed by atoms with Crippen LogP contribution >= 0.6 is 0 Å². The molecule has 0 saturated carbocycles. The van der Waals surface area contributed by atoms with Crippen LogP contribution in [0.1, 0.15) is 26.7 Å². The maximum absolute atomic E-state index is 11.6. The van der Waals surface area contributed by atoms with Gasteiger partial charge in [-0.05, 0) is 32.1 Å². The zero-order valence-corrected chi connectivity index (χ0v) is 11.0. The summed E-state index contributed by atoms with van der Waals surface area (Å²) >= 11 is 0. The molecular formula is C13H21NO4. The molecule has 5 heteroatoms. The van der Waals surface area contributed by atoms with Crippen LogP contribution in [0.15, 0.2) is 12.7 Å². The van der Waals surface area contributed by atoms with E-state index in [0.29, 0.717) is 25.9 Å². The second-order valence-corrected chi connectivity index (χ2v) is 4.92. The number of carboxylic acid groups (broad SMARTS) is 1. The van der Waals surface area contributed by atoms with E-state index >= 15 is 0 Å². The van der Waals surface area contributed by atoms with Gasteiger partial charge in [0.15, 0.2) is 0 Å². The second-order valence-electron chi connectivity index (χ2n) is 4.92. The fourth-order valence-electron chi connectivity index (χ4n) is 2.25. The van der Waals surface area contributed by atoms with Crippen molar-refractivity contribution >= 4 is 12.1 Å². The summed E-state index contributed by atoms with van der Waals surface area (Å²) in [6.07, 6.45) is 1.73. The van der Waals surface area contributed by atoms with E-state index in [4.69, 9.17) is 9.84 Å². The summed E-state index contributed by atoms with van der Waals surface area (Å²) in [5, 5.41) is 8.94. The Hall–Kier alpha value is -1.52. The van der Waals surface area contributed by atoms with Gasteiger partial charge >= 0.3 is 12.1 Å². The van der Waals surface area contributed by atoms with Crippen molar-refractivity contribution in [1.82, 2.24) is 4.90 Å². The fourth-order valence-corrected chi connectivity index (χ4v) is 2.25. The van der Waals surface area contributed by atoms with E-state index in [0.717, 1.165) is 0 Å². The molecule has 1 fully saturated rings. The fraction of sp³-hybridized carbons (Fsp3) is 0.692. The van der Waals surface area contributed by atoms with Crippen LogP contribution in [-0.2, 0) is 9.53 Å². The van der Waals surface area contributed by atoms with Gasteiger partial charge in [0.1, 0.15) is 0 Å². The first-order chi connectivity index (χ1) is 8.43. The topological polar surface area (TPSA) is 66.8 Å². The smallest absolute Gasteiger partial charge is 0.407 e. The molecular weight excluding hydrogens is 234 g/mol. The molecule has 1 N–H and O–H groups in total. The van der Waals surface area contributed by atoms with Crippen molar-refractivity contribution < 1.29 is 19.4 Å². The molecule has 1 aliphatic rings. The number of amides is 1. The average Bonchev–Trinajstić information content (AvgIpc) is 2.27. The summed E-state index contributed by atoms with van der Waals surface area (Å²) in [5.74, 6) is -0.0652. The van der Waals surface area contributed by atoms with Crippen LogP contribution in [0.5, 0.6) is 0 Å². The Morgan fingerprint density at radius 1 is 1.56 bits per heavy atom. The second kappa shape index (κ2) is 6.42. The normalized spacial score (nSPS) is 23.8. The average molecular weight is 255 g/mol. The molecule has 0 aromatic heterocycles. The zero-order valence-electron chi connectivity index (χ0n) is 11.0. The molecule has 1 heterocycles. The van der Waals surface area contributed by atoms with Gasteiger partial charge in [0.2, 0.25) is 0 Å². The predicted molar refractivity (Wildman–Crippen MR) is 67.2 cm³/mol. The highest BCUT2D eigenvalue weighted by Crippen LogP contribution is 2.27. The minimum absolute atomic E-state index is 0.0227. The summed E-state index contributed by atoms with van der Waals surface area (Å²) in [4.78, 5) is 23.9. The number of rotatable bonds is 4. The third-order valence-corrected chi connectivity index (χ3v) is 3.18. The van der Waals surface area contributed by atoms with Gasteiger partial charge in [0.25, 0.3) is 0 Å². The molecule has 1 aliphatic heterocycles. The number of likely N-dealkylation sites (tertiary alicyclic amines) is 1. The highest BCUT2D eigenvalue weighted by atomic mass is 16.5. The Morgan fingerprint density at radius 2 is 2.22 bits per heavy atom. The molecule has 0 radical (unpaired) electrons. The lowest BCUT2D eigenvalue weighted by atomic mass is 9.83. The number of hydrogen-bond acceptors (Lipinski definition) is 3. The Kier molecular flexibility index (Phi) is 5.19. The number of carbonyl (C=O) groups excluding carboxylic acids is 1. The van der Waals surface area contributed by atoms with Crippen molar-refractivity contribution in [3.05, 3.63) is 12.7 Å². The van der Waals surface area contributed by atoms with Gasteiger partial charge < -0.3 is 14.7 Å². The lowest BCUT2D eigenvalue weighted by Gasteiger charge is -2.35. The summed E-state index contributed by atoms with van der Waals surface area (Å²) < 4.78 is 5.12. The minimum Gasteiger partial charge on any atom is -0.465 e. The monoisotopic (exact) mass is 255 g/mol. The number of carbonyl (C=O) groups is 2. The van der Waals surface area contributed by atoms with Gasteiger partial charge in [0.05, 0.1) is 6.10 Å². The van der Waals surface area contributed by atoms with Crippen molar-refractivity contribution in [2.75, 3.05) is 13.1 Å². The molecule has 1 amide bonds. The van der Waals surface area contributed by atoms with E-state index in [1.54, 1.807) is 6.08 Å². The van der Waals surface area contributed by atoms with E-state index in [1.807, 2.05) is 13.8 Å². The largest absolute Gasteiger partial charge is 0.465 e. The Balaban J connectivity index is 2.54. The molecule has 5 nitrogen and oxygen atoms in total. The number of esters is 1. The van der Waals surface area contributed by atoms with E-state index in [-0.39, 0.29) is 23.9 Å². The van der Waals surface area contributed by atoms with Crippen LogP contribution in [-0.4, -0.2) is 41.3 Å². The minimum atomic E-state index is -0.912. The van der Waals surface area contributed by atoms with Crippen LogP contribution in [0, 0.1) is 11.8 Å². The third kappa shape index (κ3) is 4.05. The quantitative estimate of drug-likeness (QED) is 0.617. The molecule has 18 heavy (non-hydrogen) atoms. The van der Waals surface area contributed by atoms with Crippen molar-refractivity contribution in [2.24, 2.45) is 11.8 Å². The summed E-state index contributed by atoms with van der Waals surface area (Å²) in [7, 11) is 0. The molecule has 1 saturated heterocycles. The van der Waals surface area contributed by atoms with Gasteiger partial charge in [-0.1, -0.05) is 6.08 Å². The SMILES string of the molecule is C=C[C@H]1CN(C(=O)O)CC[C@H]1CC(=O)OC(C)C. The van der Waals surface area contributed by atoms with Crippen LogP contribution in [0.25, 0.3) is 0 Å². The molecule has 102 valence electrons. The predicted octanol–water partition coefficient (Wildman–Crippen LogP) is 2.13. The van der Waals surface area contributed by atoms with E-state index in [1.165, 1.54) is 4.90 Å². The van der Waals surface area contributed by atoms with Gasteiger partial charge in [-0.25, -0.2) is 4.79 Å². The van der Waals surface area contributed by atoms with Gasteiger partial charge in [0, 0.05) is 19.5 Å². The van der Waals surface area contributed by atoms with Crippen LogP contribution in [0.3, 0.4) is 0 Å². The molecule has 0 unspecified atom stereocenters. The number of piperidine rings is 1. The summed E-state index contributed by atoms with van der Waals surface area (Å²) in [5.41, 5.74) is 0. The highest BCUT2D eigenvalue weighted by molar-refractivity contribution is 5.70. The first kappa shape index (κ1) is 14.5. The number of ether oxygens (including phenoxy) is 1. The summed E-state index contributed by atoms with van der Waals surface area (Å²) in [6.45, 7) is 8.24. The number of hydrogen-bond donors (Lipinski definition) is 1. The Morgan fingerprint density at radius 3 is 2.72 bits per heavy atom. The van der Waals surface area contributed by atoms with Crippen LogP contribution < -0.4 is 0 Å². The molecule has 2 atom stereocenters. The van der Waals surface area contributed by atoms with Gasteiger partial charge in [-0.2, -0.15) is 0 Å². The zero-order chi connectivity index (χ0) is 13.7. The van der Waals surface area contributed by atoms with Crippen molar-refractivity contribution in [3.63, 3.8) is 0 Å². The third-order valence-electron chi connectivity index (χ3n) is 3.18. The molecule has 0 spiro atoms. The molecule has 0 aliphatic carbocycles. The number of nitrogens with zero attached hydrogens (tertiary/aromatic N) is 1. The van der Waals surface area contributed by atoms with Crippen LogP contribution in [0.2, 0.25) is 0 Å². The van der Waals surface area contributed by atoms with E-state index in [2.05, 4.69) is 6.58 Å². The maximum Gasteiger partial charge on any atom is 0.407 e. The highest BCUT2D eigenvalue weighted by Gasteiger charge is 2.31. The van der Waals surface area contributed by atoms with E-state index in [9.17, 15) is 9.59 Å². The van der Waals surface area contributed by atoms with E-state index < -0.39 is 6.09 Å². The first-order valence-electron chi connectivity index (χ1n) is 6.24. The molecule has 0 aromatic carbocycles. The lowest BCUT2D eigenvalue weighted by molar-refractivity contribution is -0.149. The first-order valence-corrected chi connectivity index (χ1v) is 6.24. The van der Waals surface area contributed by atoms with Gasteiger partial charge in [-0.3, -0.25) is 4.79 Å². The Bertz CT molecular complexity index is 327. The molecule has 0 aromatic rings. The van der Waals surface area contributed by atoms with Gasteiger partial charge in [-0.15, -0.1) is 6.58 Å². The summed E-state index contributed by atoms with van der Waals surface area (Å²) in [6, 6.07) is 0. The lowest BCUT2D eigenvalue weighted by Crippen LogP contribution is -2.43. The molecule has 0 bridgehead atoms. The van der Waals surface area contributed by atoms with Crippen molar-refractivity contribution in [2.45, 2.75) is 32.8 Å². The standard InChI is InChI=1S/C13H21NO4/c1-4-10-8-14(13(16)17)6-5-11(10)7-12(15)18-9(2)3/h4,9-11H,1,5-8H2,2-3H3,(H,16,17)/t10-,11-/m0/s1. The maximum atomic E-state index is 11.6. The van der Waals surface area contributed by atoms with Crippen molar-refractivity contribution in [1.29, 1.82) is 0 Å². The molecule has 1 rings (SSSR count).